The molecule has 90 valence electrons. The Morgan fingerprint density at radius 3 is 2.56 bits per heavy atom. The van der Waals surface area contributed by atoms with Crippen LogP contribution >= 0.6 is 11.3 Å². The maximum atomic E-state index is 3.49. The minimum Gasteiger partial charge on any atom is -0.311 e. The van der Waals surface area contributed by atoms with Gasteiger partial charge in [0.15, 0.2) is 0 Å². The molecule has 1 aromatic rings. The highest BCUT2D eigenvalue weighted by Gasteiger charge is 2.36. The largest absolute Gasteiger partial charge is 0.311 e. The standard InChI is InChI=1S/C13H22N2S/c1-13(2,15-7-4-5-8-15)12(14-3)11-6-9-16-10-11/h6,9-10,12,14H,4-5,7-8H2,1-3H3. The second-order valence-corrected chi connectivity index (χ2v) is 5.91. The van der Waals surface area contributed by atoms with Crippen LogP contribution in [-0.4, -0.2) is 30.6 Å². The quantitative estimate of drug-likeness (QED) is 0.867. The van der Waals surface area contributed by atoms with Gasteiger partial charge in [-0.15, -0.1) is 0 Å². The minimum atomic E-state index is 0.201. The van der Waals surface area contributed by atoms with Crippen LogP contribution < -0.4 is 5.32 Å². The van der Waals surface area contributed by atoms with Crippen molar-refractivity contribution in [2.24, 2.45) is 0 Å². The molecule has 1 aliphatic heterocycles. The van der Waals surface area contributed by atoms with E-state index in [1.54, 1.807) is 11.3 Å². The van der Waals surface area contributed by atoms with Gasteiger partial charge in [-0.05, 0) is 69.2 Å². The number of hydrogen-bond acceptors (Lipinski definition) is 3. The molecule has 0 aromatic carbocycles. The summed E-state index contributed by atoms with van der Waals surface area (Å²) in [6.07, 6.45) is 2.70. The molecule has 0 radical (unpaired) electrons. The van der Waals surface area contributed by atoms with E-state index in [2.05, 4.69) is 47.9 Å². The molecule has 1 aliphatic rings. The van der Waals surface area contributed by atoms with Gasteiger partial charge in [0.05, 0.1) is 6.04 Å². The molecule has 16 heavy (non-hydrogen) atoms. The predicted molar refractivity (Wildman–Crippen MR) is 71.0 cm³/mol. The van der Waals surface area contributed by atoms with Gasteiger partial charge in [-0.25, -0.2) is 0 Å². The fourth-order valence-corrected chi connectivity index (χ4v) is 3.53. The normalized spacial score (nSPS) is 20.2. The number of nitrogens with one attached hydrogen (secondary N) is 1. The first-order valence-corrected chi connectivity index (χ1v) is 7.05. The summed E-state index contributed by atoms with van der Waals surface area (Å²) in [4.78, 5) is 2.62. The van der Waals surface area contributed by atoms with E-state index in [1.165, 1.54) is 31.5 Å². The van der Waals surface area contributed by atoms with Crippen molar-refractivity contribution in [1.82, 2.24) is 10.2 Å². The third-order valence-corrected chi connectivity index (χ3v) is 4.49. The topological polar surface area (TPSA) is 15.3 Å². The third-order valence-electron chi connectivity index (χ3n) is 3.79. The number of likely N-dealkylation sites (N-methyl/N-ethyl adjacent to an activating group) is 1. The monoisotopic (exact) mass is 238 g/mol. The first-order valence-electron chi connectivity index (χ1n) is 6.10. The van der Waals surface area contributed by atoms with Crippen molar-refractivity contribution in [3.05, 3.63) is 22.4 Å². The van der Waals surface area contributed by atoms with Crippen LogP contribution in [0.2, 0.25) is 0 Å². The van der Waals surface area contributed by atoms with Gasteiger partial charge in [0, 0.05) is 5.54 Å². The zero-order chi connectivity index (χ0) is 11.6. The van der Waals surface area contributed by atoms with Gasteiger partial charge >= 0.3 is 0 Å². The summed E-state index contributed by atoms with van der Waals surface area (Å²) in [6.45, 7) is 7.21. The van der Waals surface area contributed by atoms with Crippen LogP contribution in [0.15, 0.2) is 16.8 Å². The number of likely N-dealkylation sites (tertiary alicyclic amines) is 1. The van der Waals surface area contributed by atoms with Gasteiger partial charge in [-0.1, -0.05) is 0 Å². The molecule has 2 heterocycles. The highest BCUT2D eigenvalue weighted by atomic mass is 32.1. The first kappa shape index (κ1) is 12.1. The fourth-order valence-electron chi connectivity index (χ4n) is 2.84. The summed E-state index contributed by atoms with van der Waals surface area (Å²) in [5.74, 6) is 0. The van der Waals surface area contributed by atoms with E-state index in [0.29, 0.717) is 6.04 Å². The lowest BCUT2D eigenvalue weighted by Crippen LogP contribution is -2.50. The van der Waals surface area contributed by atoms with Gasteiger partial charge < -0.3 is 5.32 Å². The number of rotatable bonds is 4. The Labute approximate surface area is 103 Å². The van der Waals surface area contributed by atoms with Crippen molar-refractivity contribution >= 4 is 11.3 Å². The van der Waals surface area contributed by atoms with Crippen LogP contribution in [0.4, 0.5) is 0 Å². The SMILES string of the molecule is CNC(c1ccsc1)C(C)(C)N1CCCC1. The van der Waals surface area contributed by atoms with Crippen LogP contribution in [0.25, 0.3) is 0 Å². The molecule has 0 amide bonds. The van der Waals surface area contributed by atoms with Gasteiger partial charge in [0.2, 0.25) is 0 Å². The molecule has 3 heteroatoms. The van der Waals surface area contributed by atoms with Crippen LogP contribution in [0.5, 0.6) is 0 Å². The Morgan fingerprint density at radius 2 is 2.06 bits per heavy atom. The van der Waals surface area contributed by atoms with Crippen LogP contribution in [-0.2, 0) is 0 Å². The van der Waals surface area contributed by atoms with Crippen molar-refractivity contribution in [3.8, 4) is 0 Å². The Bertz CT molecular complexity index is 313. The molecule has 2 nitrogen and oxygen atoms in total. The molecule has 1 saturated heterocycles. The summed E-state index contributed by atoms with van der Waals surface area (Å²) in [5, 5.41) is 7.92. The molecule has 1 unspecified atom stereocenters. The summed E-state index contributed by atoms with van der Waals surface area (Å²) < 4.78 is 0. The van der Waals surface area contributed by atoms with Crippen LogP contribution in [0, 0.1) is 0 Å². The number of thiophene rings is 1. The lowest BCUT2D eigenvalue weighted by atomic mass is 9.88. The van der Waals surface area contributed by atoms with E-state index in [9.17, 15) is 0 Å². The molecular formula is C13H22N2S. The van der Waals surface area contributed by atoms with Crippen molar-refractivity contribution in [1.29, 1.82) is 0 Å². The number of hydrogen-bond donors (Lipinski definition) is 1. The lowest BCUT2D eigenvalue weighted by Gasteiger charge is -2.42. The Hall–Kier alpha value is -0.380. The van der Waals surface area contributed by atoms with E-state index >= 15 is 0 Å². The highest BCUT2D eigenvalue weighted by molar-refractivity contribution is 7.07. The van der Waals surface area contributed by atoms with Gasteiger partial charge in [0.1, 0.15) is 0 Å². The van der Waals surface area contributed by atoms with Crippen molar-refractivity contribution in [2.45, 2.75) is 38.3 Å². The van der Waals surface area contributed by atoms with Gasteiger partial charge in [0.25, 0.3) is 0 Å². The summed E-state index contributed by atoms with van der Waals surface area (Å²) >= 11 is 1.78. The van der Waals surface area contributed by atoms with E-state index in [0.717, 1.165) is 0 Å². The molecule has 1 atom stereocenters. The second kappa shape index (κ2) is 4.86. The van der Waals surface area contributed by atoms with Crippen molar-refractivity contribution < 1.29 is 0 Å². The predicted octanol–water partition coefficient (Wildman–Crippen LogP) is 2.88. The number of nitrogens with zero attached hydrogens (tertiary/aromatic N) is 1. The molecule has 1 aromatic heterocycles. The summed E-state index contributed by atoms with van der Waals surface area (Å²) in [6, 6.07) is 2.67. The summed E-state index contributed by atoms with van der Waals surface area (Å²) in [5.41, 5.74) is 1.62. The third kappa shape index (κ3) is 2.17. The Morgan fingerprint density at radius 1 is 1.38 bits per heavy atom. The molecule has 0 bridgehead atoms. The maximum absolute atomic E-state index is 3.49. The van der Waals surface area contributed by atoms with E-state index in [-0.39, 0.29) is 5.54 Å². The fraction of sp³-hybridized carbons (Fsp3) is 0.692. The minimum absolute atomic E-state index is 0.201. The molecule has 1 N–H and O–H groups in total. The Balaban J connectivity index is 2.19. The van der Waals surface area contributed by atoms with E-state index in [4.69, 9.17) is 0 Å². The molecule has 2 rings (SSSR count). The molecule has 0 spiro atoms. The molecule has 0 saturated carbocycles. The first-order chi connectivity index (χ1) is 7.66. The smallest absolute Gasteiger partial charge is 0.0507 e. The average Bonchev–Trinajstić information content (AvgIpc) is 2.91. The van der Waals surface area contributed by atoms with Crippen molar-refractivity contribution in [3.63, 3.8) is 0 Å². The second-order valence-electron chi connectivity index (χ2n) is 5.13. The van der Waals surface area contributed by atoms with Crippen LogP contribution in [0.3, 0.4) is 0 Å². The zero-order valence-corrected chi connectivity index (χ0v) is 11.3. The average molecular weight is 238 g/mol. The lowest BCUT2D eigenvalue weighted by molar-refractivity contribution is 0.111. The summed E-state index contributed by atoms with van der Waals surface area (Å²) in [7, 11) is 2.07. The van der Waals surface area contributed by atoms with E-state index < -0.39 is 0 Å². The maximum Gasteiger partial charge on any atom is 0.0507 e. The molecule has 0 aliphatic carbocycles. The van der Waals surface area contributed by atoms with Gasteiger partial charge in [-0.3, -0.25) is 4.90 Å². The highest BCUT2D eigenvalue weighted by Crippen LogP contribution is 2.34. The Kier molecular flexibility index (Phi) is 3.67. The zero-order valence-electron chi connectivity index (χ0n) is 10.5. The van der Waals surface area contributed by atoms with E-state index in [1.807, 2.05) is 0 Å². The van der Waals surface area contributed by atoms with Gasteiger partial charge in [-0.2, -0.15) is 11.3 Å². The van der Waals surface area contributed by atoms with Crippen molar-refractivity contribution in [2.75, 3.05) is 20.1 Å². The molecule has 1 fully saturated rings. The van der Waals surface area contributed by atoms with Crippen LogP contribution in [0.1, 0.15) is 38.3 Å². The molecular weight excluding hydrogens is 216 g/mol.